The molecule has 0 aliphatic carbocycles. The highest BCUT2D eigenvalue weighted by Gasteiger charge is 2.04. The normalized spacial score (nSPS) is 10.5. The van der Waals surface area contributed by atoms with E-state index in [0.717, 1.165) is 23.2 Å². The van der Waals surface area contributed by atoms with E-state index in [9.17, 15) is 0 Å². The Kier molecular flexibility index (Phi) is 4.36. The Bertz CT molecular complexity index is 708. The molecule has 0 amide bonds. The van der Waals surface area contributed by atoms with E-state index in [1.54, 1.807) is 6.20 Å². The standard InChI is InChI=1S/C17H16BrN3/c18-16-8-3-1-6-14(16)12-19-17-9-4-2-7-15(17)13-21-11-5-10-20-21/h1-11,19H,12-13H2. The molecule has 1 aromatic heterocycles. The zero-order valence-corrected chi connectivity index (χ0v) is 13.1. The van der Waals surface area contributed by atoms with Gasteiger partial charge in [0, 0.05) is 29.1 Å². The monoisotopic (exact) mass is 341 g/mol. The van der Waals surface area contributed by atoms with Crippen molar-refractivity contribution in [1.82, 2.24) is 9.78 Å². The van der Waals surface area contributed by atoms with E-state index in [4.69, 9.17) is 0 Å². The zero-order chi connectivity index (χ0) is 14.5. The number of nitrogens with zero attached hydrogens (tertiary/aromatic N) is 2. The maximum atomic E-state index is 4.27. The van der Waals surface area contributed by atoms with Gasteiger partial charge in [-0.3, -0.25) is 4.68 Å². The summed E-state index contributed by atoms with van der Waals surface area (Å²) in [7, 11) is 0. The van der Waals surface area contributed by atoms with Crippen LogP contribution in [0.4, 0.5) is 5.69 Å². The minimum Gasteiger partial charge on any atom is -0.381 e. The molecule has 21 heavy (non-hydrogen) atoms. The molecule has 1 heterocycles. The molecule has 0 fully saturated rings. The number of hydrogen-bond donors (Lipinski definition) is 1. The van der Waals surface area contributed by atoms with Crippen LogP contribution < -0.4 is 5.32 Å². The average molecular weight is 342 g/mol. The minimum atomic E-state index is 0.770. The molecule has 0 saturated carbocycles. The highest BCUT2D eigenvalue weighted by atomic mass is 79.9. The van der Waals surface area contributed by atoms with Gasteiger partial charge in [-0.1, -0.05) is 52.3 Å². The van der Waals surface area contributed by atoms with Crippen LogP contribution in [0.15, 0.2) is 71.5 Å². The molecule has 1 N–H and O–H groups in total. The summed E-state index contributed by atoms with van der Waals surface area (Å²) in [5.74, 6) is 0. The lowest BCUT2D eigenvalue weighted by atomic mass is 10.1. The molecule has 0 bridgehead atoms. The Morgan fingerprint density at radius 1 is 0.952 bits per heavy atom. The molecule has 3 nitrogen and oxygen atoms in total. The van der Waals surface area contributed by atoms with E-state index < -0.39 is 0 Å². The molecule has 3 aromatic rings. The van der Waals surface area contributed by atoms with Gasteiger partial charge >= 0.3 is 0 Å². The first kappa shape index (κ1) is 13.9. The topological polar surface area (TPSA) is 29.9 Å². The second-order valence-electron chi connectivity index (χ2n) is 4.81. The largest absolute Gasteiger partial charge is 0.381 e. The van der Waals surface area contributed by atoms with Crippen molar-refractivity contribution in [3.05, 3.63) is 82.6 Å². The van der Waals surface area contributed by atoms with E-state index in [0.29, 0.717) is 0 Å². The molecule has 0 unspecified atom stereocenters. The van der Waals surface area contributed by atoms with Crippen LogP contribution in [0.25, 0.3) is 0 Å². The van der Waals surface area contributed by atoms with Crippen molar-refractivity contribution >= 4 is 21.6 Å². The summed E-state index contributed by atoms with van der Waals surface area (Å²) < 4.78 is 3.06. The molecule has 0 radical (unpaired) electrons. The van der Waals surface area contributed by atoms with Crippen LogP contribution in [0.1, 0.15) is 11.1 Å². The van der Waals surface area contributed by atoms with Crippen molar-refractivity contribution in [3.8, 4) is 0 Å². The SMILES string of the molecule is Brc1ccccc1CNc1ccccc1Cn1cccn1. The minimum absolute atomic E-state index is 0.770. The van der Waals surface area contributed by atoms with Gasteiger partial charge in [-0.25, -0.2) is 0 Å². The summed E-state index contributed by atoms with van der Waals surface area (Å²) in [6, 6.07) is 18.5. The van der Waals surface area contributed by atoms with Gasteiger partial charge in [0.15, 0.2) is 0 Å². The van der Waals surface area contributed by atoms with Gasteiger partial charge in [0.05, 0.1) is 6.54 Å². The molecular formula is C17H16BrN3. The summed E-state index contributed by atoms with van der Waals surface area (Å²) in [5.41, 5.74) is 3.61. The number of anilines is 1. The summed E-state index contributed by atoms with van der Waals surface area (Å²) in [6.07, 6.45) is 3.78. The molecule has 0 saturated heterocycles. The van der Waals surface area contributed by atoms with Crippen molar-refractivity contribution in [2.75, 3.05) is 5.32 Å². The third-order valence-corrected chi connectivity index (χ3v) is 4.11. The maximum Gasteiger partial charge on any atom is 0.0679 e. The van der Waals surface area contributed by atoms with E-state index in [-0.39, 0.29) is 0 Å². The molecule has 0 aliphatic rings. The predicted octanol–water partition coefficient (Wildman–Crippen LogP) is 4.31. The molecule has 4 heteroatoms. The third kappa shape index (κ3) is 3.52. The number of para-hydroxylation sites is 1. The number of rotatable bonds is 5. The van der Waals surface area contributed by atoms with Gasteiger partial charge < -0.3 is 5.32 Å². The number of nitrogens with one attached hydrogen (secondary N) is 1. The Hall–Kier alpha value is -2.07. The highest BCUT2D eigenvalue weighted by molar-refractivity contribution is 9.10. The second kappa shape index (κ2) is 6.59. The lowest BCUT2D eigenvalue weighted by molar-refractivity contribution is 0.687. The van der Waals surface area contributed by atoms with Crippen LogP contribution in [0.2, 0.25) is 0 Å². The number of aromatic nitrogens is 2. The Morgan fingerprint density at radius 3 is 2.48 bits per heavy atom. The Balaban J connectivity index is 1.75. The highest BCUT2D eigenvalue weighted by Crippen LogP contribution is 2.20. The Labute approximate surface area is 132 Å². The number of benzene rings is 2. The van der Waals surface area contributed by atoms with E-state index in [1.807, 2.05) is 23.0 Å². The zero-order valence-electron chi connectivity index (χ0n) is 11.5. The van der Waals surface area contributed by atoms with Crippen molar-refractivity contribution in [1.29, 1.82) is 0 Å². The fourth-order valence-electron chi connectivity index (χ4n) is 2.23. The molecule has 0 atom stereocenters. The van der Waals surface area contributed by atoms with Crippen LogP contribution in [0.3, 0.4) is 0 Å². The van der Waals surface area contributed by atoms with Gasteiger partial charge in [-0.15, -0.1) is 0 Å². The molecule has 106 valence electrons. The first-order valence-electron chi connectivity index (χ1n) is 6.85. The van der Waals surface area contributed by atoms with Crippen LogP contribution in [-0.2, 0) is 13.1 Å². The van der Waals surface area contributed by atoms with Gasteiger partial charge in [-0.05, 0) is 29.3 Å². The average Bonchev–Trinajstić information content (AvgIpc) is 3.01. The molecular weight excluding hydrogens is 326 g/mol. The quantitative estimate of drug-likeness (QED) is 0.749. The maximum absolute atomic E-state index is 4.27. The predicted molar refractivity (Wildman–Crippen MR) is 89.2 cm³/mol. The summed E-state index contributed by atoms with van der Waals surface area (Å²) >= 11 is 3.58. The van der Waals surface area contributed by atoms with Crippen molar-refractivity contribution < 1.29 is 0 Å². The van der Waals surface area contributed by atoms with E-state index in [2.05, 4.69) is 68.8 Å². The summed E-state index contributed by atoms with van der Waals surface area (Å²) in [5, 5.41) is 7.78. The van der Waals surface area contributed by atoms with Crippen molar-refractivity contribution in [2.24, 2.45) is 0 Å². The molecule has 2 aromatic carbocycles. The molecule has 3 rings (SSSR count). The fourth-order valence-corrected chi connectivity index (χ4v) is 2.66. The van der Waals surface area contributed by atoms with Crippen molar-refractivity contribution in [2.45, 2.75) is 13.1 Å². The van der Waals surface area contributed by atoms with E-state index in [1.165, 1.54) is 11.1 Å². The van der Waals surface area contributed by atoms with Gasteiger partial charge in [0.1, 0.15) is 0 Å². The fraction of sp³-hybridized carbons (Fsp3) is 0.118. The lowest BCUT2D eigenvalue weighted by Gasteiger charge is -2.13. The lowest BCUT2D eigenvalue weighted by Crippen LogP contribution is -2.06. The van der Waals surface area contributed by atoms with Crippen LogP contribution in [-0.4, -0.2) is 9.78 Å². The first-order chi connectivity index (χ1) is 10.3. The third-order valence-electron chi connectivity index (χ3n) is 3.34. The van der Waals surface area contributed by atoms with Crippen LogP contribution in [0, 0.1) is 0 Å². The molecule has 0 spiro atoms. The second-order valence-corrected chi connectivity index (χ2v) is 5.66. The summed E-state index contributed by atoms with van der Waals surface area (Å²) in [6.45, 7) is 1.56. The van der Waals surface area contributed by atoms with Crippen LogP contribution in [0.5, 0.6) is 0 Å². The van der Waals surface area contributed by atoms with Gasteiger partial charge in [-0.2, -0.15) is 5.10 Å². The number of halogens is 1. The molecule has 0 aliphatic heterocycles. The summed E-state index contributed by atoms with van der Waals surface area (Å²) in [4.78, 5) is 0. The van der Waals surface area contributed by atoms with Gasteiger partial charge in [0.25, 0.3) is 0 Å². The number of hydrogen-bond acceptors (Lipinski definition) is 2. The van der Waals surface area contributed by atoms with E-state index >= 15 is 0 Å². The van der Waals surface area contributed by atoms with Crippen molar-refractivity contribution in [3.63, 3.8) is 0 Å². The first-order valence-corrected chi connectivity index (χ1v) is 7.65. The van der Waals surface area contributed by atoms with Crippen LogP contribution >= 0.6 is 15.9 Å². The van der Waals surface area contributed by atoms with Gasteiger partial charge in [0.2, 0.25) is 0 Å². The Morgan fingerprint density at radius 2 is 1.71 bits per heavy atom. The smallest absolute Gasteiger partial charge is 0.0679 e.